The Morgan fingerprint density at radius 3 is 2.05 bits per heavy atom. The molecule has 2 N–H and O–H groups in total. The molecule has 0 spiro atoms. The second-order valence-corrected chi connectivity index (χ2v) is 8.02. The number of halogens is 3. The van der Waals surface area contributed by atoms with E-state index in [1.54, 1.807) is 0 Å². The smallest absolute Gasteiger partial charge is 0.269 e. The van der Waals surface area contributed by atoms with Crippen LogP contribution in [0.5, 0.6) is 0 Å². The Morgan fingerprint density at radius 1 is 1.18 bits per heavy atom. The predicted molar refractivity (Wildman–Crippen MR) is 87.5 cm³/mol. The number of benzene rings is 1. The van der Waals surface area contributed by atoms with Crippen LogP contribution in [0.2, 0.25) is 0 Å². The van der Waals surface area contributed by atoms with E-state index in [0.29, 0.717) is 0 Å². The number of rotatable bonds is 4. The van der Waals surface area contributed by atoms with Crippen LogP contribution in [0.3, 0.4) is 0 Å². The molecular weight excluding hydrogens is 353 g/mol. The Balaban J connectivity index is 2.89. The van der Waals surface area contributed by atoms with Gasteiger partial charge in [0.2, 0.25) is 3.79 Å². The molecule has 1 amide bonds. The van der Waals surface area contributed by atoms with Gasteiger partial charge in [-0.3, -0.25) is 20.2 Å². The fourth-order valence-corrected chi connectivity index (χ4v) is 1.91. The third kappa shape index (κ3) is 5.96. The number of hydrogen-bond donors (Lipinski definition) is 2. The summed E-state index contributed by atoms with van der Waals surface area (Å²) in [6.45, 7) is 5.57. The monoisotopic (exact) mass is 367 g/mol. The van der Waals surface area contributed by atoms with Crippen molar-refractivity contribution in [1.82, 2.24) is 10.6 Å². The van der Waals surface area contributed by atoms with Crippen LogP contribution in [0.25, 0.3) is 0 Å². The average molecular weight is 369 g/mol. The first kappa shape index (κ1) is 19.0. The van der Waals surface area contributed by atoms with E-state index in [2.05, 4.69) is 10.6 Å². The molecule has 1 aromatic rings. The molecule has 0 unspecified atom stereocenters. The van der Waals surface area contributed by atoms with E-state index in [9.17, 15) is 14.9 Å². The van der Waals surface area contributed by atoms with Crippen molar-refractivity contribution in [3.05, 3.63) is 39.9 Å². The average Bonchev–Trinajstić information content (AvgIpc) is 2.35. The van der Waals surface area contributed by atoms with Crippen LogP contribution in [-0.2, 0) is 0 Å². The fourth-order valence-electron chi connectivity index (χ4n) is 1.58. The summed E-state index contributed by atoms with van der Waals surface area (Å²) >= 11 is 17.6. The van der Waals surface area contributed by atoms with Gasteiger partial charge in [-0.2, -0.15) is 0 Å². The molecule has 9 heteroatoms. The summed E-state index contributed by atoms with van der Waals surface area (Å²) < 4.78 is -1.76. The van der Waals surface area contributed by atoms with E-state index in [1.807, 2.05) is 20.8 Å². The summed E-state index contributed by atoms with van der Waals surface area (Å²) in [6.07, 6.45) is -0.930. The van der Waals surface area contributed by atoms with Gasteiger partial charge in [0.25, 0.3) is 11.6 Å². The number of nitrogens with one attached hydrogen (secondary N) is 2. The lowest BCUT2D eigenvalue weighted by molar-refractivity contribution is -0.384. The van der Waals surface area contributed by atoms with Crippen molar-refractivity contribution in [2.24, 2.45) is 0 Å². The van der Waals surface area contributed by atoms with E-state index >= 15 is 0 Å². The zero-order valence-electron chi connectivity index (χ0n) is 12.2. The van der Waals surface area contributed by atoms with Crippen LogP contribution < -0.4 is 10.6 Å². The molecule has 1 rings (SSSR count). The van der Waals surface area contributed by atoms with Crippen LogP contribution in [0, 0.1) is 10.1 Å². The minimum Gasteiger partial charge on any atom is -0.333 e. The highest BCUT2D eigenvalue weighted by Gasteiger charge is 2.36. The van der Waals surface area contributed by atoms with Crippen LogP contribution in [0.4, 0.5) is 5.69 Å². The second-order valence-electron chi connectivity index (χ2n) is 5.65. The van der Waals surface area contributed by atoms with Gasteiger partial charge in [-0.25, -0.2) is 0 Å². The molecular formula is C13H16Cl3N3O3. The largest absolute Gasteiger partial charge is 0.333 e. The van der Waals surface area contributed by atoms with Crippen molar-refractivity contribution in [3.8, 4) is 0 Å². The molecule has 0 bridgehead atoms. The van der Waals surface area contributed by atoms with E-state index in [0.717, 1.165) is 0 Å². The number of hydrogen-bond acceptors (Lipinski definition) is 4. The Hall–Kier alpha value is -1.08. The Labute approximate surface area is 143 Å². The first-order valence-corrected chi connectivity index (χ1v) is 7.43. The molecule has 0 radical (unpaired) electrons. The SMILES string of the molecule is CC(C)(C)N[C@H](NC(=O)c1ccc([N+](=O)[O-])cc1)C(Cl)(Cl)Cl. The molecule has 0 aromatic heterocycles. The van der Waals surface area contributed by atoms with Crippen LogP contribution in [0.15, 0.2) is 24.3 Å². The van der Waals surface area contributed by atoms with Crippen LogP contribution >= 0.6 is 34.8 Å². The molecule has 0 fully saturated rings. The minimum absolute atomic E-state index is 0.109. The maximum absolute atomic E-state index is 12.2. The summed E-state index contributed by atoms with van der Waals surface area (Å²) in [5.41, 5.74) is -0.292. The number of nitrogens with zero attached hydrogens (tertiary/aromatic N) is 1. The number of non-ortho nitro benzene ring substituents is 1. The molecule has 0 aliphatic rings. The van der Waals surface area contributed by atoms with E-state index < -0.39 is 26.3 Å². The number of nitro benzene ring substituents is 1. The van der Waals surface area contributed by atoms with Gasteiger partial charge in [0, 0.05) is 23.2 Å². The summed E-state index contributed by atoms with van der Waals surface area (Å²) in [5, 5.41) is 16.1. The molecule has 22 heavy (non-hydrogen) atoms. The first-order valence-electron chi connectivity index (χ1n) is 6.30. The zero-order valence-corrected chi connectivity index (χ0v) is 14.5. The van der Waals surface area contributed by atoms with Gasteiger partial charge in [0.05, 0.1) is 4.92 Å². The Bertz CT molecular complexity index is 550. The minimum atomic E-state index is -1.76. The van der Waals surface area contributed by atoms with E-state index in [-0.39, 0.29) is 11.3 Å². The first-order chi connectivity index (χ1) is 9.90. The highest BCUT2D eigenvalue weighted by Crippen LogP contribution is 2.30. The van der Waals surface area contributed by atoms with Crippen molar-refractivity contribution < 1.29 is 9.72 Å². The summed E-state index contributed by atoms with van der Waals surface area (Å²) in [5.74, 6) is -0.511. The van der Waals surface area contributed by atoms with Crippen molar-refractivity contribution >= 4 is 46.4 Å². The van der Waals surface area contributed by atoms with Gasteiger partial charge in [0.1, 0.15) is 6.17 Å². The third-order valence-corrected chi connectivity index (χ3v) is 3.18. The van der Waals surface area contributed by atoms with Crippen LogP contribution in [-0.4, -0.2) is 26.3 Å². The van der Waals surface area contributed by atoms with Crippen molar-refractivity contribution in [3.63, 3.8) is 0 Å². The Morgan fingerprint density at radius 2 is 1.68 bits per heavy atom. The Kier molecular flexibility index (Phi) is 6.03. The molecule has 1 atom stereocenters. The maximum atomic E-state index is 12.2. The van der Waals surface area contributed by atoms with Crippen LogP contribution in [0.1, 0.15) is 31.1 Å². The third-order valence-electron chi connectivity index (χ3n) is 2.52. The molecule has 122 valence electrons. The number of nitro groups is 1. The van der Waals surface area contributed by atoms with Gasteiger partial charge >= 0.3 is 0 Å². The van der Waals surface area contributed by atoms with Gasteiger partial charge in [0.15, 0.2) is 0 Å². The maximum Gasteiger partial charge on any atom is 0.269 e. The topological polar surface area (TPSA) is 84.3 Å². The lowest BCUT2D eigenvalue weighted by atomic mass is 10.1. The van der Waals surface area contributed by atoms with Gasteiger partial charge in [-0.05, 0) is 32.9 Å². The van der Waals surface area contributed by atoms with E-state index in [4.69, 9.17) is 34.8 Å². The molecule has 0 aliphatic carbocycles. The fraction of sp³-hybridized carbons (Fsp3) is 0.462. The number of alkyl halides is 3. The standard InChI is InChI=1S/C13H16Cl3N3O3/c1-12(2,3)18-11(13(14,15)16)17-10(20)8-4-6-9(7-5-8)19(21)22/h4-7,11,18H,1-3H3,(H,17,20)/t11-/m0/s1. The predicted octanol–water partition coefficient (Wildman–Crippen LogP) is 3.41. The molecule has 0 saturated heterocycles. The van der Waals surface area contributed by atoms with Gasteiger partial charge in [-0.15, -0.1) is 0 Å². The molecule has 6 nitrogen and oxygen atoms in total. The summed E-state index contributed by atoms with van der Waals surface area (Å²) in [6, 6.07) is 5.13. The van der Waals surface area contributed by atoms with E-state index in [1.165, 1.54) is 24.3 Å². The van der Waals surface area contributed by atoms with Crippen molar-refractivity contribution in [2.45, 2.75) is 36.3 Å². The molecule has 0 aliphatic heterocycles. The highest BCUT2D eigenvalue weighted by atomic mass is 35.6. The lowest BCUT2D eigenvalue weighted by Crippen LogP contribution is -2.58. The van der Waals surface area contributed by atoms with Crippen molar-refractivity contribution in [1.29, 1.82) is 0 Å². The van der Waals surface area contributed by atoms with Gasteiger partial charge in [-0.1, -0.05) is 34.8 Å². The second kappa shape index (κ2) is 7.00. The molecule has 1 aromatic carbocycles. The highest BCUT2D eigenvalue weighted by molar-refractivity contribution is 6.68. The molecule has 0 saturated carbocycles. The van der Waals surface area contributed by atoms with Crippen molar-refractivity contribution in [2.75, 3.05) is 0 Å². The number of amides is 1. The summed E-state index contributed by atoms with van der Waals surface area (Å²) in [4.78, 5) is 22.2. The zero-order chi connectivity index (χ0) is 17.1. The number of carbonyl (C=O) groups is 1. The normalized spacial score (nSPS) is 13.5. The lowest BCUT2D eigenvalue weighted by Gasteiger charge is -2.33. The quantitative estimate of drug-likeness (QED) is 0.369. The van der Waals surface area contributed by atoms with Gasteiger partial charge < -0.3 is 5.32 Å². The molecule has 0 heterocycles. The number of carbonyl (C=O) groups excluding carboxylic acids is 1. The summed E-state index contributed by atoms with van der Waals surface area (Å²) in [7, 11) is 0.